The summed E-state index contributed by atoms with van der Waals surface area (Å²) in [5.74, 6) is -1.32. The average molecular weight is 414 g/mol. The first-order chi connectivity index (χ1) is 13.9. The van der Waals surface area contributed by atoms with Crippen LogP contribution in [-0.2, 0) is 22.6 Å². The van der Waals surface area contributed by atoms with Gasteiger partial charge in [-0.15, -0.1) is 0 Å². The number of fused-ring (bicyclic) bond motifs is 1. The van der Waals surface area contributed by atoms with Gasteiger partial charge in [-0.3, -0.25) is 9.59 Å². The van der Waals surface area contributed by atoms with E-state index in [2.05, 4.69) is 10.3 Å². The molecule has 0 atom stereocenters. The number of amides is 1. The summed E-state index contributed by atoms with van der Waals surface area (Å²) in [4.78, 5) is 41.4. The van der Waals surface area contributed by atoms with Crippen molar-refractivity contribution in [3.05, 3.63) is 74.7 Å². The van der Waals surface area contributed by atoms with E-state index in [4.69, 9.17) is 16.3 Å². The molecular weight excluding hydrogens is 394 g/mol. The average Bonchev–Trinajstić information content (AvgIpc) is 2.71. The summed E-state index contributed by atoms with van der Waals surface area (Å²) >= 11 is 5.82. The van der Waals surface area contributed by atoms with E-state index in [9.17, 15) is 14.4 Å². The summed E-state index contributed by atoms with van der Waals surface area (Å²) in [6.45, 7) is 4.02. The number of benzene rings is 1. The van der Waals surface area contributed by atoms with Crippen LogP contribution in [0.2, 0.25) is 5.02 Å². The number of nitrogens with one attached hydrogen (secondary N) is 1. The molecule has 7 nitrogen and oxygen atoms in total. The van der Waals surface area contributed by atoms with Gasteiger partial charge in [-0.1, -0.05) is 23.7 Å². The fourth-order valence-electron chi connectivity index (χ4n) is 2.81. The highest BCUT2D eigenvalue weighted by Crippen LogP contribution is 2.12. The first-order valence-corrected chi connectivity index (χ1v) is 9.46. The fourth-order valence-corrected chi connectivity index (χ4v) is 2.94. The Morgan fingerprint density at radius 1 is 1.17 bits per heavy atom. The van der Waals surface area contributed by atoms with E-state index in [0.29, 0.717) is 22.6 Å². The molecule has 3 rings (SSSR count). The minimum absolute atomic E-state index is 0.129. The summed E-state index contributed by atoms with van der Waals surface area (Å²) in [5, 5.41) is 3.58. The molecule has 0 fully saturated rings. The smallest absolute Gasteiger partial charge is 0.344 e. The molecule has 3 aromatic rings. The molecule has 0 spiro atoms. The van der Waals surface area contributed by atoms with Crippen molar-refractivity contribution in [3.63, 3.8) is 0 Å². The number of hydrogen-bond acceptors (Lipinski definition) is 5. The summed E-state index contributed by atoms with van der Waals surface area (Å²) < 4.78 is 6.75. The van der Waals surface area contributed by atoms with Crippen molar-refractivity contribution >= 4 is 34.5 Å². The van der Waals surface area contributed by atoms with Gasteiger partial charge in [0.25, 0.3) is 5.91 Å². The maximum Gasteiger partial charge on any atom is 0.344 e. The van der Waals surface area contributed by atoms with Gasteiger partial charge in [0, 0.05) is 30.0 Å². The van der Waals surface area contributed by atoms with Gasteiger partial charge < -0.3 is 14.6 Å². The van der Waals surface area contributed by atoms with Crippen molar-refractivity contribution < 1.29 is 14.3 Å². The highest BCUT2D eigenvalue weighted by Gasteiger charge is 2.18. The maximum atomic E-state index is 12.7. The van der Waals surface area contributed by atoms with Crippen molar-refractivity contribution in [2.24, 2.45) is 0 Å². The summed E-state index contributed by atoms with van der Waals surface area (Å²) in [5.41, 5.74) is 1.54. The van der Waals surface area contributed by atoms with Crippen LogP contribution < -0.4 is 10.7 Å². The second-order valence-electron chi connectivity index (χ2n) is 6.46. The van der Waals surface area contributed by atoms with Crippen LogP contribution in [0.15, 0.2) is 47.4 Å². The van der Waals surface area contributed by atoms with Gasteiger partial charge in [-0.05, 0) is 43.7 Å². The molecule has 0 saturated carbocycles. The van der Waals surface area contributed by atoms with Crippen molar-refractivity contribution in [2.75, 3.05) is 6.61 Å². The fraction of sp³-hybridized carbons (Fsp3) is 0.238. The van der Waals surface area contributed by atoms with E-state index in [-0.39, 0.29) is 12.1 Å². The molecule has 1 N–H and O–H groups in total. The Morgan fingerprint density at radius 3 is 2.59 bits per heavy atom. The zero-order valence-electron chi connectivity index (χ0n) is 16.1. The zero-order chi connectivity index (χ0) is 21.0. The Bertz CT molecular complexity index is 1120. The number of rotatable bonds is 6. The first-order valence-electron chi connectivity index (χ1n) is 9.08. The van der Waals surface area contributed by atoms with Crippen LogP contribution in [0.3, 0.4) is 0 Å². The van der Waals surface area contributed by atoms with Gasteiger partial charge in [-0.25, -0.2) is 9.78 Å². The lowest BCUT2D eigenvalue weighted by molar-refractivity contribution is -0.124. The molecule has 0 aliphatic carbocycles. The summed E-state index contributed by atoms with van der Waals surface area (Å²) in [6, 6.07) is 10.4. The second-order valence-corrected chi connectivity index (χ2v) is 6.90. The molecule has 0 aliphatic heterocycles. The van der Waals surface area contributed by atoms with Crippen molar-refractivity contribution in [1.82, 2.24) is 14.9 Å². The van der Waals surface area contributed by atoms with E-state index in [1.165, 1.54) is 6.20 Å². The van der Waals surface area contributed by atoms with Crippen LogP contribution in [-0.4, -0.2) is 28.0 Å². The van der Waals surface area contributed by atoms with Gasteiger partial charge in [0.15, 0.2) is 6.61 Å². The minimum atomic E-state index is -0.846. The van der Waals surface area contributed by atoms with Gasteiger partial charge in [0.1, 0.15) is 11.2 Å². The van der Waals surface area contributed by atoms with Crippen LogP contribution in [0.5, 0.6) is 0 Å². The quantitative estimate of drug-likeness (QED) is 0.627. The topological polar surface area (TPSA) is 90.3 Å². The summed E-state index contributed by atoms with van der Waals surface area (Å²) in [6.07, 6.45) is 1.42. The molecule has 1 amide bonds. The molecule has 2 aromatic heterocycles. The third kappa shape index (κ3) is 4.81. The molecule has 0 bridgehead atoms. The lowest BCUT2D eigenvalue weighted by atomic mass is 10.2. The number of aromatic nitrogens is 2. The molecule has 29 heavy (non-hydrogen) atoms. The predicted octanol–water partition coefficient (Wildman–Crippen LogP) is 2.85. The number of carbonyl (C=O) groups excluding carboxylic acids is 2. The van der Waals surface area contributed by atoms with Crippen LogP contribution in [0.25, 0.3) is 11.0 Å². The third-order valence-electron chi connectivity index (χ3n) is 4.36. The van der Waals surface area contributed by atoms with E-state index in [1.54, 1.807) is 41.0 Å². The van der Waals surface area contributed by atoms with Crippen LogP contribution >= 0.6 is 11.6 Å². The van der Waals surface area contributed by atoms with Gasteiger partial charge in [0.2, 0.25) is 5.43 Å². The minimum Gasteiger partial charge on any atom is -0.452 e. The number of halogens is 1. The van der Waals surface area contributed by atoms with Gasteiger partial charge in [-0.2, -0.15) is 0 Å². The Hall–Kier alpha value is -3.19. The number of nitrogens with zero attached hydrogens (tertiary/aromatic N) is 2. The maximum absolute atomic E-state index is 12.7. The Labute approximate surface area is 172 Å². The van der Waals surface area contributed by atoms with Crippen molar-refractivity contribution in [1.29, 1.82) is 0 Å². The number of hydrogen-bond donors (Lipinski definition) is 1. The highest BCUT2D eigenvalue weighted by atomic mass is 35.5. The normalized spacial score (nSPS) is 10.7. The first kappa shape index (κ1) is 20.5. The second kappa shape index (κ2) is 8.87. The van der Waals surface area contributed by atoms with E-state index in [1.807, 2.05) is 13.8 Å². The molecule has 0 aliphatic rings. The molecule has 1 aromatic carbocycles. The van der Waals surface area contributed by atoms with Gasteiger partial charge in [0.05, 0.1) is 5.39 Å². The number of carbonyl (C=O) groups is 2. The molecule has 2 heterocycles. The van der Waals surface area contributed by atoms with E-state index in [0.717, 1.165) is 11.3 Å². The van der Waals surface area contributed by atoms with Crippen molar-refractivity contribution in [3.8, 4) is 0 Å². The van der Waals surface area contributed by atoms with E-state index < -0.39 is 23.9 Å². The molecule has 8 heteroatoms. The van der Waals surface area contributed by atoms with Gasteiger partial charge >= 0.3 is 5.97 Å². The number of pyridine rings is 2. The molecular formula is C21H20ClN3O4. The van der Waals surface area contributed by atoms with Crippen LogP contribution in [0.4, 0.5) is 0 Å². The molecule has 0 saturated heterocycles. The molecule has 0 radical (unpaired) electrons. The van der Waals surface area contributed by atoms with Crippen LogP contribution in [0, 0.1) is 6.92 Å². The highest BCUT2D eigenvalue weighted by molar-refractivity contribution is 6.30. The number of esters is 1. The number of ether oxygens (including phenoxy) is 1. The Kier molecular flexibility index (Phi) is 6.29. The largest absolute Gasteiger partial charge is 0.452 e. The monoisotopic (exact) mass is 413 g/mol. The lowest BCUT2D eigenvalue weighted by Crippen LogP contribution is -2.29. The molecule has 150 valence electrons. The zero-order valence-corrected chi connectivity index (χ0v) is 16.8. The Balaban J connectivity index is 1.68. The predicted molar refractivity (Wildman–Crippen MR) is 110 cm³/mol. The van der Waals surface area contributed by atoms with Crippen molar-refractivity contribution in [2.45, 2.75) is 26.9 Å². The number of aryl methyl sites for hydroxylation is 2. The standard InChI is InChI=1S/C21H20ClN3O4/c1-3-25-11-17(19(27)16-9-4-13(2)24-20(16)25)21(28)29-12-18(26)23-10-14-5-7-15(22)8-6-14/h4-9,11H,3,10,12H2,1-2H3,(H,23,26). The Morgan fingerprint density at radius 2 is 1.90 bits per heavy atom. The summed E-state index contributed by atoms with van der Waals surface area (Å²) in [7, 11) is 0. The molecule has 0 unspecified atom stereocenters. The van der Waals surface area contributed by atoms with E-state index >= 15 is 0 Å². The van der Waals surface area contributed by atoms with Crippen LogP contribution in [0.1, 0.15) is 28.5 Å². The SMILES string of the molecule is CCn1cc(C(=O)OCC(=O)NCc2ccc(Cl)cc2)c(=O)c2ccc(C)nc21. The third-order valence-corrected chi connectivity index (χ3v) is 4.61. The lowest BCUT2D eigenvalue weighted by Gasteiger charge is -2.11.